The fraction of sp³-hybridized carbons (Fsp3) is 0.538. The highest BCUT2D eigenvalue weighted by Crippen LogP contribution is 2.44. The number of likely N-dealkylation sites (tertiary alicyclic amines) is 1. The standard InChI is InChI=1S/C26H35N5O2S/c1-5-9-26(24(32)33)12-20(25(2,3)4)16-30(18-26)17-21-14-28-23(34-21)22-8-11-31(29-22)15-19-7-6-10-27-13-19/h6-8,10-11,13-14,20H,5,9,12,15-18H2,1-4H3,(H,32,33)/t20-,26-/m1/s1. The summed E-state index contributed by atoms with van der Waals surface area (Å²) >= 11 is 1.64. The number of rotatable bonds is 8. The molecular weight excluding hydrogens is 446 g/mol. The smallest absolute Gasteiger partial charge is 0.310 e. The molecule has 3 aromatic heterocycles. The molecule has 0 aromatic carbocycles. The summed E-state index contributed by atoms with van der Waals surface area (Å²) in [5, 5.41) is 15.8. The number of carbonyl (C=O) groups is 1. The van der Waals surface area contributed by atoms with Gasteiger partial charge in [0.1, 0.15) is 10.7 Å². The minimum absolute atomic E-state index is 0.0626. The average molecular weight is 482 g/mol. The first-order valence-corrected chi connectivity index (χ1v) is 12.8. The molecule has 8 heteroatoms. The number of pyridine rings is 1. The number of carboxylic acids is 1. The molecule has 0 bridgehead atoms. The lowest BCUT2D eigenvalue weighted by molar-refractivity contribution is -0.156. The summed E-state index contributed by atoms with van der Waals surface area (Å²) in [6.07, 6.45) is 9.85. The van der Waals surface area contributed by atoms with Gasteiger partial charge in [0.05, 0.1) is 12.0 Å². The second-order valence-corrected chi connectivity index (χ2v) is 11.8. The van der Waals surface area contributed by atoms with Gasteiger partial charge >= 0.3 is 5.97 Å². The van der Waals surface area contributed by atoms with E-state index in [9.17, 15) is 9.90 Å². The normalized spacial score (nSPS) is 21.6. The molecular formula is C26H35N5O2S. The van der Waals surface area contributed by atoms with Gasteiger partial charge in [0.25, 0.3) is 0 Å². The minimum atomic E-state index is -0.677. The Morgan fingerprint density at radius 2 is 2.09 bits per heavy atom. The van der Waals surface area contributed by atoms with Gasteiger partial charge in [-0.2, -0.15) is 5.10 Å². The van der Waals surface area contributed by atoms with E-state index < -0.39 is 11.4 Å². The first-order chi connectivity index (χ1) is 16.2. The molecule has 1 aliphatic heterocycles. The van der Waals surface area contributed by atoms with E-state index >= 15 is 0 Å². The van der Waals surface area contributed by atoms with Gasteiger partial charge in [-0.3, -0.25) is 19.4 Å². The van der Waals surface area contributed by atoms with Gasteiger partial charge in [0.15, 0.2) is 0 Å². The van der Waals surface area contributed by atoms with Crippen molar-refractivity contribution in [1.29, 1.82) is 0 Å². The minimum Gasteiger partial charge on any atom is -0.481 e. The number of hydrogen-bond donors (Lipinski definition) is 1. The Balaban J connectivity index is 1.49. The fourth-order valence-electron chi connectivity index (χ4n) is 4.99. The number of aliphatic carboxylic acids is 1. The van der Waals surface area contributed by atoms with E-state index in [1.165, 1.54) is 0 Å². The van der Waals surface area contributed by atoms with E-state index in [0.29, 0.717) is 25.4 Å². The Bertz CT molecular complexity index is 1100. The van der Waals surface area contributed by atoms with Crippen molar-refractivity contribution in [2.75, 3.05) is 13.1 Å². The molecule has 1 saturated heterocycles. The van der Waals surface area contributed by atoms with Crippen LogP contribution < -0.4 is 0 Å². The summed E-state index contributed by atoms with van der Waals surface area (Å²) in [6.45, 7) is 11.7. The third-order valence-corrected chi connectivity index (χ3v) is 7.91. The molecule has 0 aliphatic carbocycles. The molecule has 0 unspecified atom stereocenters. The average Bonchev–Trinajstić information content (AvgIpc) is 3.43. The van der Waals surface area contributed by atoms with Crippen LogP contribution in [0.2, 0.25) is 0 Å². The number of thiazole rings is 1. The molecule has 2 atom stereocenters. The molecule has 182 valence electrons. The van der Waals surface area contributed by atoms with Crippen LogP contribution in [0, 0.1) is 16.7 Å². The van der Waals surface area contributed by atoms with Crippen molar-refractivity contribution in [3.63, 3.8) is 0 Å². The predicted molar refractivity (Wildman–Crippen MR) is 134 cm³/mol. The number of piperidine rings is 1. The molecule has 1 aliphatic rings. The summed E-state index contributed by atoms with van der Waals surface area (Å²) in [6, 6.07) is 5.96. The van der Waals surface area contributed by atoms with Crippen molar-refractivity contribution in [3.8, 4) is 10.7 Å². The van der Waals surface area contributed by atoms with E-state index in [1.54, 1.807) is 17.5 Å². The van der Waals surface area contributed by atoms with Crippen LogP contribution in [0.4, 0.5) is 0 Å². The number of aromatic nitrogens is 4. The van der Waals surface area contributed by atoms with Crippen LogP contribution in [0.25, 0.3) is 10.7 Å². The summed E-state index contributed by atoms with van der Waals surface area (Å²) in [4.78, 5) is 24.7. The Labute approximate surface area is 205 Å². The fourth-order valence-corrected chi connectivity index (χ4v) is 5.91. The summed E-state index contributed by atoms with van der Waals surface area (Å²) in [5.74, 6) is -0.322. The Morgan fingerprint density at radius 1 is 1.26 bits per heavy atom. The summed E-state index contributed by atoms with van der Waals surface area (Å²) < 4.78 is 1.90. The van der Waals surface area contributed by atoms with Gasteiger partial charge in [0.2, 0.25) is 0 Å². The van der Waals surface area contributed by atoms with Gasteiger partial charge in [-0.25, -0.2) is 4.98 Å². The van der Waals surface area contributed by atoms with Crippen molar-refractivity contribution < 1.29 is 9.90 Å². The van der Waals surface area contributed by atoms with Crippen LogP contribution in [-0.2, 0) is 17.9 Å². The Morgan fingerprint density at radius 3 is 2.76 bits per heavy atom. The number of nitrogens with zero attached hydrogens (tertiary/aromatic N) is 5. The lowest BCUT2D eigenvalue weighted by Gasteiger charge is -2.48. The zero-order valence-electron chi connectivity index (χ0n) is 20.6. The molecule has 4 rings (SSSR count). The van der Waals surface area contributed by atoms with E-state index in [1.807, 2.05) is 41.5 Å². The van der Waals surface area contributed by atoms with E-state index in [2.05, 4.69) is 42.6 Å². The number of hydrogen-bond acceptors (Lipinski definition) is 6. The SMILES string of the molecule is CCC[C@@]1(C(=O)O)C[C@@H](C(C)(C)C)CN(Cc2cnc(-c3ccn(Cc4cccnc4)n3)s2)C1. The van der Waals surface area contributed by atoms with E-state index in [0.717, 1.165) is 47.1 Å². The molecule has 1 N–H and O–H groups in total. The highest BCUT2D eigenvalue weighted by atomic mass is 32.1. The van der Waals surface area contributed by atoms with E-state index in [4.69, 9.17) is 5.10 Å². The lowest BCUT2D eigenvalue weighted by atomic mass is 9.65. The van der Waals surface area contributed by atoms with Crippen molar-refractivity contribution in [1.82, 2.24) is 24.6 Å². The van der Waals surface area contributed by atoms with Crippen molar-refractivity contribution >= 4 is 17.3 Å². The third kappa shape index (κ3) is 5.55. The van der Waals surface area contributed by atoms with Crippen LogP contribution in [0.1, 0.15) is 57.4 Å². The lowest BCUT2D eigenvalue weighted by Crippen LogP contribution is -2.53. The molecule has 3 aromatic rings. The molecule has 0 saturated carbocycles. The monoisotopic (exact) mass is 481 g/mol. The van der Waals surface area contributed by atoms with Crippen LogP contribution in [0.5, 0.6) is 0 Å². The zero-order valence-corrected chi connectivity index (χ0v) is 21.4. The highest BCUT2D eigenvalue weighted by molar-refractivity contribution is 7.14. The maximum atomic E-state index is 12.4. The third-order valence-electron chi connectivity index (χ3n) is 6.91. The number of carboxylic acid groups (broad SMARTS) is 1. The van der Waals surface area contributed by atoms with Gasteiger partial charge in [-0.1, -0.05) is 40.2 Å². The molecule has 34 heavy (non-hydrogen) atoms. The van der Waals surface area contributed by atoms with Gasteiger partial charge in [0, 0.05) is 49.3 Å². The van der Waals surface area contributed by atoms with Crippen molar-refractivity contribution in [3.05, 3.63) is 53.4 Å². The maximum absolute atomic E-state index is 12.4. The summed E-state index contributed by atoms with van der Waals surface area (Å²) in [5.41, 5.74) is 1.35. The molecule has 4 heterocycles. The van der Waals surface area contributed by atoms with Crippen molar-refractivity contribution in [2.45, 2.75) is 60.0 Å². The second-order valence-electron chi connectivity index (χ2n) is 10.7. The van der Waals surface area contributed by atoms with Crippen LogP contribution >= 0.6 is 11.3 Å². The molecule has 7 nitrogen and oxygen atoms in total. The Hall–Kier alpha value is -2.58. The molecule has 0 radical (unpaired) electrons. The molecule has 0 amide bonds. The van der Waals surface area contributed by atoms with Gasteiger partial charge in [-0.05, 0) is 41.9 Å². The zero-order chi connectivity index (χ0) is 24.3. The van der Waals surface area contributed by atoms with Crippen LogP contribution in [-0.4, -0.2) is 48.8 Å². The molecule has 0 spiro atoms. The quantitative estimate of drug-likeness (QED) is 0.477. The van der Waals surface area contributed by atoms with Crippen LogP contribution in [0.15, 0.2) is 43.0 Å². The predicted octanol–water partition coefficient (Wildman–Crippen LogP) is 5.19. The highest BCUT2D eigenvalue weighted by Gasteiger charge is 2.47. The topological polar surface area (TPSA) is 84.1 Å². The maximum Gasteiger partial charge on any atom is 0.310 e. The van der Waals surface area contributed by atoms with Crippen LogP contribution in [0.3, 0.4) is 0 Å². The summed E-state index contributed by atoms with van der Waals surface area (Å²) in [7, 11) is 0. The Kier molecular flexibility index (Phi) is 7.19. The van der Waals surface area contributed by atoms with Gasteiger partial charge in [-0.15, -0.1) is 11.3 Å². The van der Waals surface area contributed by atoms with E-state index in [-0.39, 0.29) is 5.41 Å². The second kappa shape index (κ2) is 9.96. The van der Waals surface area contributed by atoms with Crippen molar-refractivity contribution in [2.24, 2.45) is 16.7 Å². The van der Waals surface area contributed by atoms with Gasteiger partial charge < -0.3 is 5.11 Å². The first-order valence-electron chi connectivity index (χ1n) is 12.0. The largest absolute Gasteiger partial charge is 0.481 e. The first kappa shape index (κ1) is 24.5. The molecule has 1 fully saturated rings.